The molecule has 0 aliphatic heterocycles. The van der Waals surface area contributed by atoms with E-state index in [9.17, 15) is 8.78 Å². The summed E-state index contributed by atoms with van der Waals surface area (Å²) in [5, 5.41) is 3.04. The molecule has 0 saturated carbocycles. The van der Waals surface area contributed by atoms with E-state index >= 15 is 0 Å². The molecule has 2 rings (SSSR count). The summed E-state index contributed by atoms with van der Waals surface area (Å²) >= 11 is 3.11. The molecule has 0 aromatic heterocycles. The van der Waals surface area contributed by atoms with Crippen molar-refractivity contribution < 1.29 is 8.78 Å². The first kappa shape index (κ1) is 16.1. The van der Waals surface area contributed by atoms with Crippen LogP contribution in [0.3, 0.4) is 0 Å². The van der Waals surface area contributed by atoms with E-state index in [4.69, 9.17) is 0 Å². The molecule has 0 bridgehead atoms. The Morgan fingerprint density at radius 3 is 1.81 bits per heavy atom. The van der Waals surface area contributed by atoms with E-state index in [-0.39, 0.29) is 5.56 Å². The third-order valence-electron chi connectivity index (χ3n) is 3.65. The first-order valence-corrected chi connectivity index (χ1v) is 7.54. The average molecular weight is 354 g/mol. The molecule has 0 spiro atoms. The zero-order valence-electron chi connectivity index (χ0n) is 12.5. The highest BCUT2D eigenvalue weighted by Crippen LogP contribution is 2.33. The summed E-state index contributed by atoms with van der Waals surface area (Å²) in [7, 11) is 1.71. The summed E-state index contributed by atoms with van der Waals surface area (Å²) in [6, 6.07) is 6.13. The van der Waals surface area contributed by atoms with Crippen LogP contribution >= 0.6 is 15.9 Å². The van der Waals surface area contributed by atoms with Gasteiger partial charge in [-0.3, -0.25) is 0 Å². The Kier molecular flexibility index (Phi) is 4.79. The van der Waals surface area contributed by atoms with Gasteiger partial charge in [0.1, 0.15) is 11.6 Å². The van der Waals surface area contributed by atoms with Gasteiger partial charge in [0.2, 0.25) is 0 Å². The molecule has 0 aliphatic rings. The lowest BCUT2D eigenvalue weighted by Gasteiger charge is -2.23. The number of hydrogen-bond donors (Lipinski definition) is 1. The minimum Gasteiger partial charge on any atom is -0.309 e. The molecular weight excluding hydrogens is 336 g/mol. The molecule has 1 unspecified atom stereocenters. The summed E-state index contributed by atoms with van der Waals surface area (Å²) in [6.45, 7) is 5.95. The number of nitrogens with one attached hydrogen (secondary N) is 1. The van der Waals surface area contributed by atoms with E-state index in [1.165, 1.54) is 12.1 Å². The van der Waals surface area contributed by atoms with Gasteiger partial charge in [0.05, 0.1) is 6.04 Å². The summed E-state index contributed by atoms with van der Waals surface area (Å²) < 4.78 is 28.9. The minimum absolute atomic E-state index is 0.0516. The predicted molar refractivity (Wildman–Crippen MR) is 85.6 cm³/mol. The molecule has 2 aromatic carbocycles. The quantitative estimate of drug-likeness (QED) is 0.821. The lowest BCUT2D eigenvalue weighted by molar-refractivity contribution is 0.519. The summed E-state index contributed by atoms with van der Waals surface area (Å²) in [5.74, 6) is -1.11. The van der Waals surface area contributed by atoms with Gasteiger partial charge in [-0.1, -0.05) is 33.6 Å². The molecule has 0 fully saturated rings. The lowest BCUT2D eigenvalue weighted by atomic mass is 9.89. The second kappa shape index (κ2) is 6.24. The smallest absolute Gasteiger partial charge is 0.132 e. The molecule has 0 heterocycles. The van der Waals surface area contributed by atoms with E-state index in [0.29, 0.717) is 4.47 Å². The number of benzene rings is 2. The maximum absolute atomic E-state index is 14.3. The lowest BCUT2D eigenvalue weighted by Crippen LogP contribution is -2.22. The van der Waals surface area contributed by atoms with Crippen molar-refractivity contribution in [2.24, 2.45) is 0 Å². The van der Waals surface area contributed by atoms with Crippen LogP contribution in [0.1, 0.15) is 33.9 Å². The molecule has 2 aromatic rings. The monoisotopic (exact) mass is 353 g/mol. The van der Waals surface area contributed by atoms with Gasteiger partial charge in [0.25, 0.3) is 0 Å². The molecule has 4 heteroatoms. The third-order valence-corrected chi connectivity index (χ3v) is 4.11. The van der Waals surface area contributed by atoms with E-state index < -0.39 is 17.7 Å². The van der Waals surface area contributed by atoms with Crippen molar-refractivity contribution >= 4 is 15.9 Å². The standard InChI is InChI=1S/C17H18BrF2N/c1-9-5-10(2)15(11(3)6-9)17(21-4)16-13(19)7-12(18)8-14(16)20/h5-8,17,21H,1-4H3. The van der Waals surface area contributed by atoms with E-state index in [0.717, 1.165) is 22.3 Å². The van der Waals surface area contributed by atoms with Crippen LogP contribution in [0.2, 0.25) is 0 Å². The number of aryl methyl sites for hydroxylation is 3. The fourth-order valence-electron chi connectivity index (χ4n) is 2.91. The van der Waals surface area contributed by atoms with Crippen molar-refractivity contribution in [1.82, 2.24) is 5.32 Å². The maximum Gasteiger partial charge on any atom is 0.132 e. The van der Waals surface area contributed by atoms with Crippen molar-refractivity contribution in [3.05, 3.63) is 68.2 Å². The van der Waals surface area contributed by atoms with Gasteiger partial charge < -0.3 is 5.32 Å². The molecule has 1 atom stereocenters. The number of hydrogen-bond acceptors (Lipinski definition) is 1. The minimum atomic E-state index is -0.555. The average Bonchev–Trinajstić information content (AvgIpc) is 2.34. The molecule has 21 heavy (non-hydrogen) atoms. The highest BCUT2D eigenvalue weighted by molar-refractivity contribution is 9.10. The van der Waals surface area contributed by atoms with E-state index in [1.807, 2.05) is 32.9 Å². The Morgan fingerprint density at radius 2 is 1.38 bits per heavy atom. The van der Waals surface area contributed by atoms with Gasteiger partial charge in [-0.05, 0) is 56.6 Å². The highest BCUT2D eigenvalue weighted by Gasteiger charge is 2.24. The molecule has 0 saturated heterocycles. The van der Waals surface area contributed by atoms with Crippen LogP contribution in [0, 0.1) is 32.4 Å². The van der Waals surface area contributed by atoms with Crippen LogP contribution < -0.4 is 5.32 Å². The normalized spacial score (nSPS) is 12.5. The van der Waals surface area contributed by atoms with E-state index in [2.05, 4.69) is 21.2 Å². The van der Waals surface area contributed by atoms with Crippen LogP contribution in [0.5, 0.6) is 0 Å². The maximum atomic E-state index is 14.3. The van der Waals surface area contributed by atoms with Gasteiger partial charge >= 0.3 is 0 Å². The van der Waals surface area contributed by atoms with Crippen LogP contribution in [-0.4, -0.2) is 7.05 Å². The van der Waals surface area contributed by atoms with Crippen molar-refractivity contribution in [2.45, 2.75) is 26.8 Å². The number of halogens is 3. The Bertz CT molecular complexity index is 579. The van der Waals surface area contributed by atoms with Gasteiger partial charge in [-0.25, -0.2) is 8.78 Å². The van der Waals surface area contributed by atoms with Crippen LogP contribution in [-0.2, 0) is 0 Å². The zero-order valence-corrected chi connectivity index (χ0v) is 14.1. The SMILES string of the molecule is CNC(c1c(C)cc(C)cc1C)c1c(F)cc(Br)cc1F. The van der Waals surface area contributed by atoms with Crippen LogP contribution in [0.25, 0.3) is 0 Å². The largest absolute Gasteiger partial charge is 0.309 e. The highest BCUT2D eigenvalue weighted by atomic mass is 79.9. The first-order chi connectivity index (χ1) is 9.85. The Hall–Kier alpha value is -1.26. The molecule has 0 aliphatic carbocycles. The second-order valence-electron chi connectivity index (χ2n) is 5.32. The van der Waals surface area contributed by atoms with Crippen molar-refractivity contribution in [3.8, 4) is 0 Å². The zero-order chi connectivity index (χ0) is 15.7. The summed E-state index contributed by atoms with van der Waals surface area (Å²) in [4.78, 5) is 0. The van der Waals surface area contributed by atoms with E-state index in [1.54, 1.807) is 7.05 Å². The molecular formula is C17H18BrF2N. The van der Waals surface area contributed by atoms with Crippen molar-refractivity contribution in [3.63, 3.8) is 0 Å². The second-order valence-corrected chi connectivity index (χ2v) is 6.23. The molecule has 0 radical (unpaired) electrons. The Labute approximate surface area is 132 Å². The van der Waals surface area contributed by atoms with Crippen LogP contribution in [0.15, 0.2) is 28.7 Å². The van der Waals surface area contributed by atoms with Crippen LogP contribution in [0.4, 0.5) is 8.78 Å². The Balaban J connectivity index is 2.66. The topological polar surface area (TPSA) is 12.0 Å². The number of rotatable bonds is 3. The van der Waals surface area contributed by atoms with Gasteiger partial charge in [-0.15, -0.1) is 0 Å². The predicted octanol–water partition coefficient (Wildman–Crippen LogP) is 4.96. The Morgan fingerprint density at radius 1 is 0.905 bits per heavy atom. The fourth-order valence-corrected chi connectivity index (χ4v) is 3.31. The van der Waals surface area contributed by atoms with Crippen molar-refractivity contribution in [1.29, 1.82) is 0 Å². The molecule has 1 nitrogen and oxygen atoms in total. The fraction of sp³-hybridized carbons (Fsp3) is 0.294. The third kappa shape index (κ3) is 3.16. The van der Waals surface area contributed by atoms with Crippen molar-refractivity contribution in [2.75, 3.05) is 7.05 Å². The summed E-state index contributed by atoms with van der Waals surface area (Å²) in [6.07, 6.45) is 0. The van der Waals surface area contributed by atoms with Gasteiger partial charge in [0.15, 0.2) is 0 Å². The first-order valence-electron chi connectivity index (χ1n) is 6.74. The molecule has 112 valence electrons. The molecule has 0 amide bonds. The van der Waals surface area contributed by atoms with Gasteiger partial charge in [-0.2, -0.15) is 0 Å². The molecule has 1 N–H and O–H groups in total. The summed E-state index contributed by atoms with van der Waals surface area (Å²) in [5.41, 5.74) is 4.15. The van der Waals surface area contributed by atoms with Gasteiger partial charge in [0, 0.05) is 10.0 Å².